The second-order valence-corrected chi connectivity index (χ2v) is 6.30. The van der Waals surface area contributed by atoms with Crippen LogP contribution in [0, 0.1) is 6.92 Å². The number of nitrogens with zero attached hydrogens (tertiary/aromatic N) is 1. The van der Waals surface area contributed by atoms with E-state index in [4.69, 9.17) is 9.47 Å². The molecule has 1 amide bonds. The minimum absolute atomic E-state index is 0.101. The molecule has 2 fully saturated rings. The van der Waals surface area contributed by atoms with Gasteiger partial charge < -0.3 is 14.4 Å². The van der Waals surface area contributed by atoms with E-state index in [0.29, 0.717) is 13.1 Å². The zero-order chi connectivity index (χ0) is 15.4. The van der Waals surface area contributed by atoms with Gasteiger partial charge in [-0.3, -0.25) is 4.79 Å². The van der Waals surface area contributed by atoms with Crippen LogP contribution in [-0.4, -0.2) is 49.3 Å². The minimum atomic E-state index is 0.101. The first-order valence-corrected chi connectivity index (χ1v) is 8.32. The van der Waals surface area contributed by atoms with E-state index in [-0.39, 0.29) is 18.1 Å². The molecule has 22 heavy (non-hydrogen) atoms. The lowest BCUT2D eigenvalue weighted by Crippen LogP contribution is -2.42. The number of carbonyl (C=O) groups is 1. The van der Waals surface area contributed by atoms with Gasteiger partial charge >= 0.3 is 0 Å². The number of amides is 1. The maximum atomic E-state index is 13.0. The molecule has 2 atom stereocenters. The fourth-order valence-corrected chi connectivity index (χ4v) is 3.29. The summed E-state index contributed by atoms with van der Waals surface area (Å²) in [7, 11) is 0. The Balaban J connectivity index is 1.73. The lowest BCUT2D eigenvalue weighted by molar-refractivity contribution is 0.0307. The smallest absolute Gasteiger partial charge is 0.254 e. The second-order valence-electron chi connectivity index (χ2n) is 6.30. The molecule has 3 rings (SSSR count). The molecule has 0 aromatic heterocycles. The molecule has 0 N–H and O–H groups in total. The summed E-state index contributed by atoms with van der Waals surface area (Å²) in [6.07, 6.45) is 4.63. The summed E-state index contributed by atoms with van der Waals surface area (Å²) in [5, 5.41) is 0. The van der Waals surface area contributed by atoms with E-state index in [1.807, 2.05) is 36.1 Å². The Morgan fingerprint density at radius 3 is 2.18 bits per heavy atom. The molecule has 2 aliphatic heterocycles. The SMILES string of the molecule is Cc1ccccc1C(=O)N(C[C@H]1CCCO1)C[C@@H]1CCCO1. The van der Waals surface area contributed by atoms with Crippen LogP contribution in [0.15, 0.2) is 24.3 Å². The molecule has 2 saturated heterocycles. The Morgan fingerprint density at radius 1 is 1.09 bits per heavy atom. The molecule has 0 saturated carbocycles. The molecule has 0 aliphatic carbocycles. The Morgan fingerprint density at radius 2 is 1.68 bits per heavy atom. The largest absolute Gasteiger partial charge is 0.376 e. The van der Waals surface area contributed by atoms with Gasteiger partial charge in [0, 0.05) is 31.9 Å². The summed E-state index contributed by atoms with van der Waals surface area (Å²) in [6.45, 7) is 4.97. The van der Waals surface area contributed by atoms with Gasteiger partial charge in [-0.25, -0.2) is 0 Å². The number of hydrogen-bond donors (Lipinski definition) is 0. The molecule has 0 radical (unpaired) electrons. The molecule has 120 valence electrons. The number of carbonyl (C=O) groups excluding carboxylic acids is 1. The molecule has 2 heterocycles. The van der Waals surface area contributed by atoms with Crippen molar-refractivity contribution in [3.05, 3.63) is 35.4 Å². The summed E-state index contributed by atoms with van der Waals surface area (Å²) >= 11 is 0. The van der Waals surface area contributed by atoms with E-state index >= 15 is 0 Å². The predicted molar refractivity (Wildman–Crippen MR) is 85.0 cm³/mol. The van der Waals surface area contributed by atoms with Crippen LogP contribution in [-0.2, 0) is 9.47 Å². The van der Waals surface area contributed by atoms with Crippen molar-refractivity contribution in [2.75, 3.05) is 26.3 Å². The first kappa shape index (κ1) is 15.5. The van der Waals surface area contributed by atoms with Gasteiger partial charge in [-0.15, -0.1) is 0 Å². The first-order valence-electron chi connectivity index (χ1n) is 8.32. The molecule has 4 heteroatoms. The summed E-state index contributed by atoms with van der Waals surface area (Å²) in [6, 6.07) is 7.80. The lowest BCUT2D eigenvalue weighted by Gasteiger charge is -2.28. The number of hydrogen-bond acceptors (Lipinski definition) is 3. The van der Waals surface area contributed by atoms with E-state index < -0.39 is 0 Å². The summed E-state index contributed by atoms with van der Waals surface area (Å²) in [5.74, 6) is 0.101. The van der Waals surface area contributed by atoms with Crippen LogP contribution in [0.2, 0.25) is 0 Å². The van der Waals surface area contributed by atoms with Crippen molar-refractivity contribution in [2.24, 2.45) is 0 Å². The number of rotatable bonds is 5. The van der Waals surface area contributed by atoms with Crippen LogP contribution in [0.5, 0.6) is 0 Å². The van der Waals surface area contributed by atoms with Gasteiger partial charge in [-0.2, -0.15) is 0 Å². The van der Waals surface area contributed by atoms with Gasteiger partial charge in [0.15, 0.2) is 0 Å². The zero-order valence-corrected chi connectivity index (χ0v) is 13.3. The van der Waals surface area contributed by atoms with Gasteiger partial charge in [-0.1, -0.05) is 18.2 Å². The highest BCUT2D eigenvalue weighted by Gasteiger charge is 2.27. The van der Waals surface area contributed by atoms with E-state index in [9.17, 15) is 4.79 Å². The van der Waals surface area contributed by atoms with E-state index in [2.05, 4.69) is 0 Å². The van der Waals surface area contributed by atoms with Crippen molar-refractivity contribution in [1.82, 2.24) is 4.90 Å². The average molecular weight is 303 g/mol. The average Bonchev–Trinajstić information content (AvgIpc) is 3.20. The molecule has 0 bridgehead atoms. The fourth-order valence-electron chi connectivity index (χ4n) is 3.29. The van der Waals surface area contributed by atoms with Crippen LogP contribution in [0.25, 0.3) is 0 Å². The fraction of sp³-hybridized carbons (Fsp3) is 0.611. The molecule has 4 nitrogen and oxygen atoms in total. The van der Waals surface area contributed by atoms with Gasteiger partial charge in [0.2, 0.25) is 0 Å². The summed E-state index contributed by atoms with van der Waals surface area (Å²) in [5.41, 5.74) is 1.82. The van der Waals surface area contributed by atoms with Crippen molar-refractivity contribution < 1.29 is 14.3 Å². The van der Waals surface area contributed by atoms with Crippen LogP contribution >= 0.6 is 0 Å². The number of benzene rings is 1. The monoisotopic (exact) mass is 303 g/mol. The Bertz CT molecular complexity index is 487. The predicted octanol–water partition coefficient (Wildman–Crippen LogP) is 2.80. The lowest BCUT2D eigenvalue weighted by atomic mass is 10.1. The van der Waals surface area contributed by atoms with Crippen LogP contribution in [0.1, 0.15) is 41.6 Å². The van der Waals surface area contributed by atoms with E-state index in [1.54, 1.807) is 0 Å². The van der Waals surface area contributed by atoms with Crippen LogP contribution in [0.4, 0.5) is 0 Å². The highest BCUT2D eigenvalue weighted by Crippen LogP contribution is 2.20. The van der Waals surface area contributed by atoms with Crippen molar-refractivity contribution >= 4 is 5.91 Å². The van der Waals surface area contributed by atoms with Gasteiger partial charge in [-0.05, 0) is 44.2 Å². The summed E-state index contributed by atoms with van der Waals surface area (Å²) < 4.78 is 11.5. The minimum Gasteiger partial charge on any atom is -0.376 e. The third kappa shape index (κ3) is 3.68. The number of ether oxygens (including phenoxy) is 2. The molecular formula is C18H25NO3. The molecule has 0 spiro atoms. The second kappa shape index (κ2) is 7.25. The van der Waals surface area contributed by atoms with Gasteiger partial charge in [0.1, 0.15) is 0 Å². The standard InChI is InChI=1S/C18H25NO3/c1-14-6-2-3-9-17(14)18(20)19(12-15-7-4-10-21-15)13-16-8-5-11-22-16/h2-3,6,9,15-16H,4-5,7-8,10-13H2,1H3/t15-,16+. The summed E-state index contributed by atoms with van der Waals surface area (Å²) in [4.78, 5) is 14.9. The maximum Gasteiger partial charge on any atom is 0.254 e. The van der Waals surface area contributed by atoms with Crippen molar-refractivity contribution in [1.29, 1.82) is 0 Å². The topological polar surface area (TPSA) is 38.8 Å². The Labute approximate surface area is 132 Å². The van der Waals surface area contributed by atoms with Crippen molar-refractivity contribution in [3.63, 3.8) is 0 Å². The first-order chi connectivity index (χ1) is 10.7. The third-order valence-corrected chi connectivity index (χ3v) is 4.56. The highest BCUT2D eigenvalue weighted by molar-refractivity contribution is 5.95. The Hall–Kier alpha value is -1.39. The van der Waals surface area contributed by atoms with E-state index in [0.717, 1.165) is 50.0 Å². The van der Waals surface area contributed by atoms with Gasteiger partial charge in [0.05, 0.1) is 12.2 Å². The van der Waals surface area contributed by atoms with Crippen molar-refractivity contribution in [2.45, 2.75) is 44.8 Å². The van der Waals surface area contributed by atoms with Crippen LogP contribution < -0.4 is 0 Å². The molecule has 1 aromatic rings. The molecule has 1 aromatic carbocycles. The van der Waals surface area contributed by atoms with Gasteiger partial charge in [0.25, 0.3) is 5.91 Å². The molecule has 0 unspecified atom stereocenters. The zero-order valence-electron chi connectivity index (χ0n) is 13.3. The highest BCUT2D eigenvalue weighted by atomic mass is 16.5. The maximum absolute atomic E-state index is 13.0. The van der Waals surface area contributed by atoms with E-state index in [1.165, 1.54) is 0 Å². The quantitative estimate of drug-likeness (QED) is 0.839. The molecule has 2 aliphatic rings. The van der Waals surface area contributed by atoms with Crippen molar-refractivity contribution in [3.8, 4) is 0 Å². The normalized spacial score (nSPS) is 24.6. The number of aryl methyl sites for hydroxylation is 1. The Kier molecular flexibility index (Phi) is 5.11. The van der Waals surface area contributed by atoms with Crippen LogP contribution in [0.3, 0.4) is 0 Å². The molecular weight excluding hydrogens is 278 g/mol. The third-order valence-electron chi connectivity index (χ3n) is 4.56.